The molecular formula is C18H28N4O2. The van der Waals surface area contributed by atoms with Crippen LogP contribution in [-0.4, -0.2) is 63.4 Å². The van der Waals surface area contributed by atoms with Crippen LogP contribution in [-0.2, 0) is 4.74 Å². The zero-order valence-corrected chi connectivity index (χ0v) is 14.5. The second kappa shape index (κ2) is 7.85. The fourth-order valence-corrected chi connectivity index (χ4v) is 3.27. The van der Waals surface area contributed by atoms with Gasteiger partial charge in [0.1, 0.15) is 0 Å². The molecule has 0 saturated carbocycles. The summed E-state index contributed by atoms with van der Waals surface area (Å²) >= 11 is 0. The van der Waals surface area contributed by atoms with E-state index in [9.17, 15) is 4.79 Å². The number of hydrogen-bond acceptors (Lipinski definition) is 5. The van der Waals surface area contributed by atoms with E-state index in [1.807, 2.05) is 12.1 Å². The van der Waals surface area contributed by atoms with Crippen molar-refractivity contribution in [3.8, 4) is 0 Å². The van der Waals surface area contributed by atoms with Gasteiger partial charge in [0.25, 0.3) is 0 Å². The minimum atomic E-state index is -0.245. The van der Waals surface area contributed by atoms with Gasteiger partial charge in [-0.2, -0.15) is 0 Å². The summed E-state index contributed by atoms with van der Waals surface area (Å²) in [7, 11) is 2.11. The second-order valence-electron chi connectivity index (χ2n) is 6.74. The van der Waals surface area contributed by atoms with Crippen molar-refractivity contribution in [1.29, 1.82) is 0 Å². The Balaban J connectivity index is 1.52. The van der Waals surface area contributed by atoms with Crippen LogP contribution in [0.15, 0.2) is 24.3 Å². The standard InChI is InChI=1S/C18H28N4O2/c1-20(12-13-21-10-7-15(19)8-11-21)16-3-5-17(6-4-16)22-9-2-14-24-18(22)23/h3-6,15H,2,7-14,19H2,1H3. The average Bonchev–Trinajstić information content (AvgIpc) is 2.61. The van der Waals surface area contributed by atoms with Crippen molar-refractivity contribution in [2.45, 2.75) is 25.3 Å². The largest absolute Gasteiger partial charge is 0.449 e. The number of hydrogen-bond donors (Lipinski definition) is 1. The Bertz CT molecular complexity index is 540. The fraction of sp³-hybridized carbons (Fsp3) is 0.611. The van der Waals surface area contributed by atoms with Gasteiger partial charge in [-0.3, -0.25) is 4.90 Å². The topological polar surface area (TPSA) is 62.0 Å². The number of piperidine rings is 1. The first-order chi connectivity index (χ1) is 11.6. The highest BCUT2D eigenvalue weighted by atomic mass is 16.6. The molecule has 2 N–H and O–H groups in total. The highest BCUT2D eigenvalue weighted by Crippen LogP contribution is 2.22. The number of nitrogens with zero attached hydrogens (tertiary/aromatic N) is 3. The van der Waals surface area contributed by atoms with Gasteiger partial charge < -0.3 is 20.3 Å². The van der Waals surface area contributed by atoms with E-state index in [-0.39, 0.29) is 6.09 Å². The minimum absolute atomic E-state index is 0.245. The van der Waals surface area contributed by atoms with Crippen LogP contribution in [0.4, 0.5) is 16.2 Å². The van der Waals surface area contributed by atoms with Crippen molar-refractivity contribution in [1.82, 2.24) is 4.90 Å². The molecule has 0 unspecified atom stereocenters. The van der Waals surface area contributed by atoms with E-state index in [1.165, 1.54) is 0 Å². The quantitative estimate of drug-likeness (QED) is 0.892. The molecular weight excluding hydrogens is 304 g/mol. The molecule has 0 radical (unpaired) electrons. The molecule has 0 aliphatic carbocycles. The maximum Gasteiger partial charge on any atom is 0.414 e. The Kier molecular flexibility index (Phi) is 5.58. The molecule has 3 rings (SSSR count). The van der Waals surface area contributed by atoms with Crippen molar-refractivity contribution < 1.29 is 9.53 Å². The lowest BCUT2D eigenvalue weighted by molar-refractivity contribution is 0.140. The number of amides is 1. The van der Waals surface area contributed by atoms with Crippen molar-refractivity contribution in [2.24, 2.45) is 5.73 Å². The summed E-state index contributed by atoms with van der Waals surface area (Å²) in [6, 6.07) is 8.52. The Hall–Kier alpha value is -1.79. The smallest absolute Gasteiger partial charge is 0.414 e. The molecule has 2 saturated heterocycles. The summed E-state index contributed by atoms with van der Waals surface area (Å²) < 4.78 is 5.10. The van der Waals surface area contributed by atoms with Gasteiger partial charge in [0.15, 0.2) is 0 Å². The van der Waals surface area contributed by atoms with Gasteiger partial charge in [-0.25, -0.2) is 4.79 Å². The number of likely N-dealkylation sites (N-methyl/N-ethyl adjacent to an activating group) is 1. The Morgan fingerprint density at radius 3 is 2.58 bits per heavy atom. The van der Waals surface area contributed by atoms with E-state index >= 15 is 0 Å². The monoisotopic (exact) mass is 332 g/mol. The third-order valence-corrected chi connectivity index (χ3v) is 4.96. The van der Waals surface area contributed by atoms with Crippen LogP contribution >= 0.6 is 0 Å². The molecule has 2 heterocycles. The fourth-order valence-electron chi connectivity index (χ4n) is 3.27. The van der Waals surface area contributed by atoms with Gasteiger partial charge in [-0.05, 0) is 56.6 Å². The van der Waals surface area contributed by atoms with Gasteiger partial charge in [0.05, 0.1) is 6.61 Å². The maximum atomic E-state index is 11.8. The summed E-state index contributed by atoms with van der Waals surface area (Å²) in [5.41, 5.74) is 8.02. The Morgan fingerprint density at radius 1 is 1.21 bits per heavy atom. The van der Waals surface area contributed by atoms with Crippen molar-refractivity contribution in [2.75, 3.05) is 56.2 Å². The van der Waals surface area contributed by atoms with E-state index < -0.39 is 0 Å². The molecule has 0 bridgehead atoms. The Labute approximate surface area is 144 Å². The molecule has 6 nitrogen and oxygen atoms in total. The number of ether oxygens (including phenoxy) is 1. The summed E-state index contributed by atoms with van der Waals surface area (Å²) in [6.45, 7) is 5.50. The molecule has 2 fully saturated rings. The van der Waals surface area contributed by atoms with Crippen LogP contribution in [0.25, 0.3) is 0 Å². The van der Waals surface area contributed by atoms with Gasteiger partial charge in [-0.1, -0.05) is 0 Å². The molecule has 1 aromatic carbocycles. The summed E-state index contributed by atoms with van der Waals surface area (Å²) in [4.78, 5) is 18.2. The molecule has 2 aliphatic rings. The summed E-state index contributed by atoms with van der Waals surface area (Å²) in [6.07, 6.45) is 2.84. The number of anilines is 2. The zero-order valence-electron chi connectivity index (χ0n) is 14.5. The number of likely N-dealkylation sites (tertiary alicyclic amines) is 1. The SMILES string of the molecule is CN(CCN1CCC(N)CC1)c1ccc(N2CCCOC2=O)cc1. The first kappa shape index (κ1) is 17.0. The van der Waals surface area contributed by atoms with Crippen LogP contribution in [0.1, 0.15) is 19.3 Å². The number of cyclic esters (lactones) is 1. The molecule has 1 amide bonds. The maximum absolute atomic E-state index is 11.8. The third-order valence-electron chi connectivity index (χ3n) is 4.96. The molecule has 132 valence electrons. The molecule has 24 heavy (non-hydrogen) atoms. The van der Waals surface area contributed by atoms with Crippen molar-refractivity contribution >= 4 is 17.5 Å². The van der Waals surface area contributed by atoms with E-state index in [4.69, 9.17) is 10.5 Å². The summed E-state index contributed by atoms with van der Waals surface area (Å²) in [5, 5.41) is 0. The number of carbonyl (C=O) groups excluding carboxylic acids is 1. The lowest BCUT2D eigenvalue weighted by Gasteiger charge is -2.32. The minimum Gasteiger partial charge on any atom is -0.449 e. The molecule has 0 atom stereocenters. The van der Waals surface area contributed by atoms with E-state index in [2.05, 4.69) is 29.0 Å². The van der Waals surface area contributed by atoms with Crippen molar-refractivity contribution in [3.05, 3.63) is 24.3 Å². The molecule has 6 heteroatoms. The number of carbonyl (C=O) groups is 1. The van der Waals surface area contributed by atoms with Crippen LogP contribution in [0, 0.1) is 0 Å². The van der Waals surface area contributed by atoms with Gasteiger partial charge >= 0.3 is 6.09 Å². The molecule has 2 aliphatic heterocycles. The lowest BCUT2D eigenvalue weighted by atomic mass is 10.1. The van der Waals surface area contributed by atoms with E-state index in [0.717, 1.165) is 63.4 Å². The van der Waals surface area contributed by atoms with E-state index in [0.29, 0.717) is 12.6 Å². The van der Waals surface area contributed by atoms with E-state index in [1.54, 1.807) is 4.90 Å². The van der Waals surface area contributed by atoms with Gasteiger partial charge in [0, 0.05) is 44.1 Å². The lowest BCUT2D eigenvalue weighted by Crippen LogP contribution is -2.42. The number of nitrogens with two attached hydrogens (primary N) is 1. The first-order valence-corrected chi connectivity index (χ1v) is 8.87. The molecule has 0 aromatic heterocycles. The zero-order chi connectivity index (χ0) is 16.9. The summed E-state index contributed by atoms with van der Waals surface area (Å²) in [5.74, 6) is 0. The number of benzene rings is 1. The highest BCUT2D eigenvalue weighted by molar-refractivity contribution is 5.88. The highest BCUT2D eigenvalue weighted by Gasteiger charge is 2.21. The van der Waals surface area contributed by atoms with Crippen LogP contribution < -0.4 is 15.5 Å². The third kappa shape index (κ3) is 4.19. The Morgan fingerprint density at radius 2 is 1.92 bits per heavy atom. The first-order valence-electron chi connectivity index (χ1n) is 8.87. The van der Waals surface area contributed by atoms with Crippen molar-refractivity contribution in [3.63, 3.8) is 0 Å². The predicted octanol–water partition coefficient (Wildman–Crippen LogP) is 1.89. The number of rotatable bonds is 5. The van der Waals surface area contributed by atoms with Gasteiger partial charge in [-0.15, -0.1) is 0 Å². The van der Waals surface area contributed by atoms with Crippen LogP contribution in [0.2, 0.25) is 0 Å². The second-order valence-corrected chi connectivity index (χ2v) is 6.74. The normalized spacial score (nSPS) is 20.1. The molecule has 1 aromatic rings. The van der Waals surface area contributed by atoms with Gasteiger partial charge in [0.2, 0.25) is 0 Å². The average molecular weight is 332 g/mol. The predicted molar refractivity (Wildman–Crippen MR) is 96.7 cm³/mol. The van der Waals surface area contributed by atoms with Crippen LogP contribution in [0.3, 0.4) is 0 Å². The molecule has 0 spiro atoms. The van der Waals surface area contributed by atoms with Crippen LogP contribution in [0.5, 0.6) is 0 Å².